The number of nitrogens with zero attached hydrogens (tertiary/aromatic N) is 2. The first-order valence-electron chi connectivity index (χ1n) is 8.34. The lowest BCUT2D eigenvalue weighted by molar-refractivity contribution is -0.263. The van der Waals surface area contributed by atoms with Crippen LogP contribution in [0.3, 0.4) is 0 Å². The summed E-state index contributed by atoms with van der Waals surface area (Å²) in [6.45, 7) is 3.76. The highest BCUT2D eigenvalue weighted by molar-refractivity contribution is 5.75. The minimum absolute atomic E-state index is 0.101. The fourth-order valence-corrected chi connectivity index (χ4v) is 3.15. The smallest absolute Gasteiger partial charge is 0.380 e. The van der Waals surface area contributed by atoms with E-state index in [1.54, 1.807) is 0 Å². The SMILES string of the molecule is CC(NC(=O)N1CCCC(O)(C(F)(F)F)CC1)C1=CCN(C)CC1. The van der Waals surface area contributed by atoms with E-state index in [-0.39, 0.29) is 38.0 Å². The van der Waals surface area contributed by atoms with Gasteiger partial charge in [-0.2, -0.15) is 13.2 Å². The molecular weight excluding hydrogens is 323 g/mol. The van der Waals surface area contributed by atoms with E-state index in [1.807, 2.05) is 14.0 Å². The Balaban J connectivity index is 1.91. The van der Waals surface area contributed by atoms with E-state index in [1.165, 1.54) is 4.90 Å². The number of hydrogen-bond donors (Lipinski definition) is 2. The number of halogens is 3. The highest BCUT2D eigenvalue weighted by Crippen LogP contribution is 2.38. The van der Waals surface area contributed by atoms with Crippen LogP contribution < -0.4 is 5.32 Å². The Morgan fingerprint density at radius 2 is 2.04 bits per heavy atom. The van der Waals surface area contributed by atoms with Gasteiger partial charge in [-0.3, -0.25) is 0 Å². The first kappa shape index (κ1) is 19.1. The van der Waals surface area contributed by atoms with Crippen LogP contribution in [0.1, 0.15) is 32.6 Å². The van der Waals surface area contributed by atoms with Crippen LogP contribution >= 0.6 is 0 Å². The second-order valence-corrected chi connectivity index (χ2v) is 6.83. The maximum absolute atomic E-state index is 12.9. The molecule has 5 nitrogen and oxygen atoms in total. The van der Waals surface area contributed by atoms with Crippen molar-refractivity contribution in [3.63, 3.8) is 0 Å². The Hall–Kier alpha value is -1.28. The predicted molar refractivity (Wildman–Crippen MR) is 84.6 cm³/mol. The Bertz CT molecular complexity index is 495. The summed E-state index contributed by atoms with van der Waals surface area (Å²) in [5.41, 5.74) is -1.55. The minimum Gasteiger partial charge on any atom is -0.380 e. The van der Waals surface area contributed by atoms with Crippen LogP contribution in [0.15, 0.2) is 11.6 Å². The standard InChI is InChI=1S/C16H26F3N3O2/c1-12(13-4-9-21(2)10-5-13)20-14(23)22-8-3-6-15(24,7-11-22)16(17,18)19/h4,12,24H,3,5-11H2,1-2H3,(H,20,23). The van der Waals surface area contributed by atoms with Crippen molar-refractivity contribution in [2.45, 2.75) is 50.4 Å². The number of carbonyl (C=O) groups excluding carboxylic acids is 1. The molecule has 2 amide bonds. The number of aliphatic hydroxyl groups is 1. The lowest BCUT2D eigenvalue weighted by Crippen LogP contribution is -2.48. The van der Waals surface area contributed by atoms with Crippen molar-refractivity contribution in [3.05, 3.63) is 11.6 Å². The molecular formula is C16H26F3N3O2. The molecule has 2 aliphatic heterocycles. The van der Waals surface area contributed by atoms with Crippen LogP contribution in [0.5, 0.6) is 0 Å². The number of likely N-dealkylation sites (N-methyl/N-ethyl adjacent to an activating group) is 1. The Kier molecular flexibility index (Phi) is 5.80. The van der Waals surface area contributed by atoms with E-state index in [9.17, 15) is 23.1 Å². The summed E-state index contributed by atoms with van der Waals surface area (Å²) in [6.07, 6.45) is -2.43. The van der Waals surface area contributed by atoms with Crippen LogP contribution in [-0.4, -0.2) is 72.0 Å². The van der Waals surface area contributed by atoms with Crippen LogP contribution in [0.4, 0.5) is 18.0 Å². The summed E-state index contributed by atoms with van der Waals surface area (Å²) < 4.78 is 38.8. The number of rotatable bonds is 2. The Morgan fingerprint density at radius 3 is 2.62 bits per heavy atom. The van der Waals surface area contributed by atoms with Crippen molar-refractivity contribution >= 4 is 6.03 Å². The number of urea groups is 1. The van der Waals surface area contributed by atoms with Crippen molar-refractivity contribution in [1.29, 1.82) is 0 Å². The van der Waals surface area contributed by atoms with Gasteiger partial charge in [-0.25, -0.2) is 4.79 Å². The number of alkyl halides is 3. The second-order valence-electron chi connectivity index (χ2n) is 6.83. The largest absolute Gasteiger partial charge is 0.417 e. The maximum atomic E-state index is 12.9. The highest BCUT2D eigenvalue weighted by Gasteiger charge is 2.53. The molecule has 0 bridgehead atoms. The molecule has 0 saturated carbocycles. The van der Waals surface area contributed by atoms with Gasteiger partial charge in [0, 0.05) is 38.6 Å². The third-order valence-corrected chi connectivity index (χ3v) is 4.97. The molecule has 138 valence electrons. The summed E-state index contributed by atoms with van der Waals surface area (Å²) >= 11 is 0. The monoisotopic (exact) mass is 349 g/mol. The maximum Gasteiger partial charge on any atom is 0.417 e. The quantitative estimate of drug-likeness (QED) is 0.751. The molecule has 8 heteroatoms. The van der Waals surface area contributed by atoms with Crippen molar-refractivity contribution < 1.29 is 23.1 Å². The molecule has 0 radical (unpaired) electrons. The predicted octanol–water partition coefficient (Wildman–Crippen LogP) is 2.13. The molecule has 2 atom stereocenters. The van der Waals surface area contributed by atoms with Gasteiger partial charge in [-0.15, -0.1) is 0 Å². The lowest BCUT2D eigenvalue weighted by Gasteiger charge is -2.30. The third kappa shape index (κ3) is 4.42. The molecule has 2 rings (SSSR count). The Labute approximate surface area is 140 Å². The van der Waals surface area contributed by atoms with Gasteiger partial charge in [0.25, 0.3) is 0 Å². The molecule has 0 aromatic heterocycles. The van der Waals surface area contributed by atoms with E-state index in [2.05, 4.69) is 16.3 Å². The summed E-state index contributed by atoms with van der Waals surface area (Å²) in [4.78, 5) is 15.9. The number of likely N-dealkylation sites (tertiary alicyclic amines) is 1. The van der Waals surface area contributed by atoms with Crippen molar-refractivity contribution in [2.24, 2.45) is 0 Å². The first-order valence-corrected chi connectivity index (χ1v) is 8.34. The van der Waals surface area contributed by atoms with Crippen LogP contribution in [0, 0.1) is 0 Å². The summed E-state index contributed by atoms with van der Waals surface area (Å²) in [5.74, 6) is 0. The van der Waals surface area contributed by atoms with E-state index in [0.29, 0.717) is 0 Å². The number of hydrogen-bond acceptors (Lipinski definition) is 3. The van der Waals surface area contributed by atoms with Gasteiger partial charge in [-0.05, 0) is 38.8 Å². The number of amides is 2. The fraction of sp³-hybridized carbons (Fsp3) is 0.812. The fourth-order valence-electron chi connectivity index (χ4n) is 3.15. The molecule has 24 heavy (non-hydrogen) atoms. The summed E-state index contributed by atoms with van der Waals surface area (Å²) in [6, 6.07) is -0.510. The van der Waals surface area contributed by atoms with E-state index in [4.69, 9.17) is 0 Å². The van der Waals surface area contributed by atoms with Crippen LogP contribution in [0.2, 0.25) is 0 Å². The average molecular weight is 349 g/mol. The van der Waals surface area contributed by atoms with E-state index in [0.717, 1.165) is 25.1 Å². The zero-order valence-electron chi connectivity index (χ0n) is 14.2. The van der Waals surface area contributed by atoms with Crippen molar-refractivity contribution in [1.82, 2.24) is 15.1 Å². The van der Waals surface area contributed by atoms with Crippen molar-refractivity contribution in [3.8, 4) is 0 Å². The normalized spacial score (nSPS) is 28.1. The van der Waals surface area contributed by atoms with Gasteiger partial charge in [0.2, 0.25) is 0 Å². The summed E-state index contributed by atoms with van der Waals surface area (Å²) in [5, 5.41) is 12.7. The molecule has 2 heterocycles. The lowest BCUT2D eigenvalue weighted by atomic mass is 9.94. The minimum atomic E-state index is -4.66. The van der Waals surface area contributed by atoms with Gasteiger partial charge in [0.1, 0.15) is 0 Å². The summed E-state index contributed by atoms with van der Waals surface area (Å²) in [7, 11) is 2.02. The van der Waals surface area contributed by atoms with Gasteiger partial charge in [0.05, 0.1) is 0 Å². The molecule has 1 fully saturated rings. The van der Waals surface area contributed by atoms with Crippen LogP contribution in [-0.2, 0) is 0 Å². The van der Waals surface area contributed by atoms with Gasteiger partial charge >= 0.3 is 12.2 Å². The number of nitrogens with one attached hydrogen (secondary N) is 1. The highest BCUT2D eigenvalue weighted by atomic mass is 19.4. The third-order valence-electron chi connectivity index (χ3n) is 4.97. The van der Waals surface area contributed by atoms with Crippen LogP contribution in [0.25, 0.3) is 0 Å². The molecule has 0 spiro atoms. The second kappa shape index (κ2) is 7.31. The molecule has 0 aromatic carbocycles. The van der Waals surface area contributed by atoms with Gasteiger partial charge < -0.3 is 20.2 Å². The molecule has 1 saturated heterocycles. The molecule has 2 unspecified atom stereocenters. The zero-order valence-corrected chi connectivity index (χ0v) is 14.2. The zero-order chi connectivity index (χ0) is 18.0. The molecule has 0 aromatic rings. The van der Waals surface area contributed by atoms with E-state index < -0.39 is 18.2 Å². The van der Waals surface area contributed by atoms with Crippen molar-refractivity contribution in [2.75, 3.05) is 33.2 Å². The van der Waals surface area contributed by atoms with Gasteiger partial charge in [-0.1, -0.05) is 6.08 Å². The Morgan fingerprint density at radius 1 is 1.33 bits per heavy atom. The average Bonchev–Trinajstić information content (AvgIpc) is 2.70. The number of carbonyl (C=O) groups is 1. The van der Waals surface area contributed by atoms with E-state index >= 15 is 0 Å². The molecule has 2 N–H and O–H groups in total. The van der Waals surface area contributed by atoms with Gasteiger partial charge in [0.15, 0.2) is 5.60 Å². The topological polar surface area (TPSA) is 55.8 Å². The molecule has 2 aliphatic rings. The molecule has 0 aliphatic carbocycles. The first-order chi connectivity index (χ1) is 11.1.